The van der Waals surface area contributed by atoms with Gasteiger partial charge in [-0.2, -0.15) is 0 Å². The van der Waals surface area contributed by atoms with Crippen molar-refractivity contribution in [3.05, 3.63) is 29.6 Å². The highest BCUT2D eigenvalue weighted by Crippen LogP contribution is 2.17. The summed E-state index contributed by atoms with van der Waals surface area (Å²) in [6.07, 6.45) is 4.19. The van der Waals surface area contributed by atoms with Gasteiger partial charge in [-0.05, 0) is 24.5 Å². The molecule has 1 rings (SSSR count). The molecular weight excluding hydrogens is 224 g/mol. The molecule has 1 unspecified atom stereocenters. The molecule has 0 radical (unpaired) electrons. The van der Waals surface area contributed by atoms with E-state index >= 15 is 0 Å². The number of nitrogens with zero attached hydrogens (tertiary/aromatic N) is 1. The summed E-state index contributed by atoms with van der Waals surface area (Å²) in [7, 11) is -2.95. The molecule has 90 valence electrons. The molecule has 0 saturated heterocycles. The summed E-state index contributed by atoms with van der Waals surface area (Å²) in [4.78, 5) is 4.23. The molecule has 0 saturated carbocycles. The third kappa shape index (κ3) is 3.90. The maximum atomic E-state index is 11.0. The Labute approximate surface area is 96.8 Å². The van der Waals surface area contributed by atoms with E-state index in [1.54, 1.807) is 6.20 Å². The van der Waals surface area contributed by atoms with Crippen LogP contribution in [0.4, 0.5) is 0 Å². The Kier molecular flexibility index (Phi) is 4.44. The SMILES string of the molecule is CCc1cccnc1C(N)CCS(C)(=O)=O. The van der Waals surface area contributed by atoms with Gasteiger partial charge in [0, 0.05) is 18.5 Å². The fourth-order valence-corrected chi connectivity index (χ4v) is 2.24. The van der Waals surface area contributed by atoms with Crippen molar-refractivity contribution in [1.29, 1.82) is 0 Å². The van der Waals surface area contributed by atoms with Crippen LogP contribution in [0.25, 0.3) is 0 Å². The molecule has 0 aromatic carbocycles. The first-order valence-electron chi connectivity index (χ1n) is 5.31. The van der Waals surface area contributed by atoms with Gasteiger partial charge in [-0.1, -0.05) is 13.0 Å². The zero-order valence-electron chi connectivity index (χ0n) is 9.68. The van der Waals surface area contributed by atoms with Crippen molar-refractivity contribution in [2.24, 2.45) is 5.73 Å². The molecular formula is C11H18N2O2S. The molecule has 4 nitrogen and oxygen atoms in total. The molecule has 1 atom stereocenters. The number of sulfone groups is 1. The number of hydrogen-bond donors (Lipinski definition) is 1. The Hall–Kier alpha value is -0.940. The van der Waals surface area contributed by atoms with E-state index in [-0.39, 0.29) is 11.8 Å². The van der Waals surface area contributed by atoms with E-state index in [1.165, 1.54) is 6.26 Å². The number of pyridine rings is 1. The lowest BCUT2D eigenvalue weighted by Crippen LogP contribution is -2.18. The summed E-state index contributed by atoms with van der Waals surface area (Å²) in [6, 6.07) is 3.54. The third-order valence-electron chi connectivity index (χ3n) is 2.46. The quantitative estimate of drug-likeness (QED) is 0.838. The average molecular weight is 242 g/mol. The van der Waals surface area contributed by atoms with Crippen LogP contribution < -0.4 is 5.73 Å². The normalized spacial score (nSPS) is 13.7. The van der Waals surface area contributed by atoms with Gasteiger partial charge in [0.2, 0.25) is 0 Å². The van der Waals surface area contributed by atoms with Crippen LogP contribution in [0.2, 0.25) is 0 Å². The number of aryl methyl sites for hydroxylation is 1. The molecule has 1 heterocycles. The summed E-state index contributed by atoms with van der Waals surface area (Å²) in [5.41, 5.74) is 7.85. The van der Waals surface area contributed by atoms with Crippen LogP contribution in [0, 0.1) is 0 Å². The van der Waals surface area contributed by atoms with Gasteiger partial charge in [-0.15, -0.1) is 0 Å². The lowest BCUT2D eigenvalue weighted by atomic mass is 10.0. The molecule has 16 heavy (non-hydrogen) atoms. The summed E-state index contributed by atoms with van der Waals surface area (Å²) in [5, 5.41) is 0. The standard InChI is InChI=1S/C11H18N2O2S/c1-3-9-5-4-7-13-11(9)10(12)6-8-16(2,14)15/h4-5,7,10H,3,6,8,12H2,1-2H3. The van der Waals surface area contributed by atoms with Crippen LogP contribution in [-0.4, -0.2) is 25.4 Å². The van der Waals surface area contributed by atoms with Gasteiger partial charge in [-0.25, -0.2) is 8.42 Å². The Morgan fingerprint density at radius 1 is 1.50 bits per heavy atom. The van der Waals surface area contributed by atoms with Crippen LogP contribution >= 0.6 is 0 Å². The third-order valence-corrected chi connectivity index (χ3v) is 3.44. The second kappa shape index (κ2) is 5.41. The second-order valence-electron chi connectivity index (χ2n) is 3.93. The minimum atomic E-state index is -2.95. The zero-order valence-corrected chi connectivity index (χ0v) is 10.5. The Morgan fingerprint density at radius 3 is 2.75 bits per heavy atom. The lowest BCUT2D eigenvalue weighted by Gasteiger charge is -2.13. The molecule has 0 bridgehead atoms. The molecule has 0 aliphatic heterocycles. The van der Waals surface area contributed by atoms with Crippen molar-refractivity contribution in [2.45, 2.75) is 25.8 Å². The van der Waals surface area contributed by atoms with Crippen LogP contribution in [-0.2, 0) is 16.3 Å². The second-order valence-corrected chi connectivity index (χ2v) is 6.19. The molecule has 0 amide bonds. The van der Waals surface area contributed by atoms with Gasteiger partial charge in [-0.3, -0.25) is 4.98 Å². The summed E-state index contributed by atoms with van der Waals surface area (Å²) in [5.74, 6) is 0.105. The molecule has 2 N–H and O–H groups in total. The minimum Gasteiger partial charge on any atom is -0.323 e. The first-order chi connectivity index (χ1) is 7.44. The Morgan fingerprint density at radius 2 is 2.19 bits per heavy atom. The van der Waals surface area contributed by atoms with Crippen LogP contribution in [0.3, 0.4) is 0 Å². The van der Waals surface area contributed by atoms with Crippen LogP contribution in [0.5, 0.6) is 0 Å². The first-order valence-corrected chi connectivity index (χ1v) is 7.37. The number of aromatic nitrogens is 1. The van der Waals surface area contributed by atoms with E-state index < -0.39 is 9.84 Å². The van der Waals surface area contributed by atoms with Crippen molar-refractivity contribution in [3.63, 3.8) is 0 Å². The van der Waals surface area contributed by atoms with E-state index in [4.69, 9.17) is 5.73 Å². The smallest absolute Gasteiger partial charge is 0.147 e. The minimum absolute atomic E-state index is 0.105. The van der Waals surface area contributed by atoms with Gasteiger partial charge < -0.3 is 5.73 Å². The van der Waals surface area contributed by atoms with Crippen LogP contribution in [0.15, 0.2) is 18.3 Å². The van der Waals surface area contributed by atoms with E-state index in [0.717, 1.165) is 17.7 Å². The van der Waals surface area contributed by atoms with Gasteiger partial charge in [0.1, 0.15) is 9.84 Å². The highest BCUT2D eigenvalue weighted by Gasteiger charge is 2.13. The van der Waals surface area contributed by atoms with Gasteiger partial charge in [0.15, 0.2) is 0 Å². The predicted molar refractivity (Wildman–Crippen MR) is 64.9 cm³/mol. The van der Waals surface area contributed by atoms with Gasteiger partial charge in [0.05, 0.1) is 11.4 Å². The van der Waals surface area contributed by atoms with Crippen molar-refractivity contribution >= 4 is 9.84 Å². The van der Waals surface area contributed by atoms with E-state index in [9.17, 15) is 8.42 Å². The largest absolute Gasteiger partial charge is 0.323 e. The highest BCUT2D eigenvalue weighted by atomic mass is 32.2. The van der Waals surface area contributed by atoms with Crippen molar-refractivity contribution in [3.8, 4) is 0 Å². The Bertz CT molecular complexity index is 443. The topological polar surface area (TPSA) is 73.0 Å². The molecule has 1 aromatic rings. The molecule has 0 fully saturated rings. The number of nitrogens with two attached hydrogens (primary N) is 1. The summed E-state index contributed by atoms with van der Waals surface area (Å²) >= 11 is 0. The maximum absolute atomic E-state index is 11.0. The van der Waals surface area contributed by atoms with Crippen molar-refractivity contribution in [1.82, 2.24) is 4.98 Å². The highest BCUT2D eigenvalue weighted by molar-refractivity contribution is 7.90. The predicted octanol–water partition coefficient (Wildman–Crippen LogP) is 1.08. The van der Waals surface area contributed by atoms with Crippen molar-refractivity contribution in [2.75, 3.05) is 12.0 Å². The maximum Gasteiger partial charge on any atom is 0.147 e. The fraction of sp³-hybridized carbons (Fsp3) is 0.545. The molecule has 1 aromatic heterocycles. The molecule has 5 heteroatoms. The molecule has 0 aliphatic carbocycles. The average Bonchev–Trinajstić information content (AvgIpc) is 2.25. The lowest BCUT2D eigenvalue weighted by molar-refractivity contribution is 0.589. The van der Waals surface area contributed by atoms with E-state index in [2.05, 4.69) is 4.98 Å². The summed E-state index contributed by atoms with van der Waals surface area (Å²) < 4.78 is 22.1. The van der Waals surface area contributed by atoms with E-state index in [0.29, 0.717) is 6.42 Å². The number of rotatable bonds is 5. The van der Waals surface area contributed by atoms with Gasteiger partial charge >= 0.3 is 0 Å². The molecule has 0 aliphatic rings. The van der Waals surface area contributed by atoms with E-state index in [1.807, 2.05) is 19.1 Å². The number of hydrogen-bond acceptors (Lipinski definition) is 4. The first kappa shape index (κ1) is 13.1. The monoisotopic (exact) mass is 242 g/mol. The summed E-state index contributed by atoms with van der Waals surface area (Å²) in [6.45, 7) is 2.03. The van der Waals surface area contributed by atoms with Crippen LogP contribution in [0.1, 0.15) is 30.6 Å². The Balaban J connectivity index is 2.76. The van der Waals surface area contributed by atoms with Gasteiger partial charge in [0.25, 0.3) is 0 Å². The zero-order chi connectivity index (χ0) is 12.2. The fourth-order valence-electron chi connectivity index (χ4n) is 1.56. The molecule has 0 spiro atoms. The van der Waals surface area contributed by atoms with Crippen molar-refractivity contribution < 1.29 is 8.42 Å².